The highest BCUT2D eigenvalue weighted by Crippen LogP contribution is 2.37. The van der Waals surface area contributed by atoms with Gasteiger partial charge in [0.15, 0.2) is 11.6 Å². The van der Waals surface area contributed by atoms with Gasteiger partial charge in [-0.25, -0.2) is 4.79 Å². The fourth-order valence-electron chi connectivity index (χ4n) is 8.82. The number of nitrogens with zero attached hydrogens (tertiary/aromatic N) is 1. The number of likely N-dealkylation sites (tertiary alicyclic amines) is 1. The van der Waals surface area contributed by atoms with Crippen molar-refractivity contribution in [1.29, 1.82) is 0 Å². The van der Waals surface area contributed by atoms with Gasteiger partial charge in [0.05, 0.1) is 11.1 Å². The largest absolute Gasteiger partial charge is 0.444 e. The van der Waals surface area contributed by atoms with E-state index in [-0.39, 0.29) is 36.0 Å². The molecule has 12 heteroatoms. The quantitative estimate of drug-likeness (QED) is 0.216. The van der Waals surface area contributed by atoms with E-state index in [1.165, 1.54) is 27.2 Å². The molecule has 0 radical (unpaired) electrons. The average molecular weight is 897 g/mol. The van der Waals surface area contributed by atoms with E-state index in [0.717, 1.165) is 101 Å². The van der Waals surface area contributed by atoms with Crippen LogP contribution in [0.15, 0.2) is 67.5 Å². The van der Waals surface area contributed by atoms with Gasteiger partial charge in [-0.15, -0.1) is 22.7 Å². The third-order valence-electron chi connectivity index (χ3n) is 12.2. The SMILES string of the molecule is CCC(=C1CCN(C(=O)OC(C)(C)C)CC1)c1scc(C(=O)NCC2=C(C)C=C(C)CC2=O)c1C.CCC(=C1CCNCC1)c1scc(C(=O)NCC2=C(C)C=C(C)CC2=O)c1C. The lowest BCUT2D eigenvalue weighted by Gasteiger charge is -2.32. The van der Waals surface area contributed by atoms with Gasteiger partial charge in [-0.2, -0.15) is 0 Å². The van der Waals surface area contributed by atoms with Crippen LogP contribution in [-0.4, -0.2) is 79.2 Å². The number of Topliss-reactive ketones (excluding diaryl/α,β-unsaturated/α-hetero) is 2. The molecule has 2 aliphatic carbocycles. The van der Waals surface area contributed by atoms with Crippen molar-refractivity contribution in [3.63, 3.8) is 0 Å². The number of rotatable bonds is 10. The summed E-state index contributed by atoms with van der Waals surface area (Å²) >= 11 is 3.26. The number of ketones is 2. The molecule has 0 saturated carbocycles. The van der Waals surface area contributed by atoms with Crippen molar-refractivity contribution >= 4 is 63.3 Å². The van der Waals surface area contributed by atoms with Gasteiger partial charge in [0.1, 0.15) is 5.60 Å². The number of thiophene rings is 2. The summed E-state index contributed by atoms with van der Waals surface area (Å²) < 4.78 is 5.52. The van der Waals surface area contributed by atoms with Crippen molar-refractivity contribution in [1.82, 2.24) is 20.9 Å². The summed E-state index contributed by atoms with van der Waals surface area (Å²) in [5.74, 6) is -0.0413. The predicted octanol–water partition coefficient (Wildman–Crippen LogP) is 10.8. The van der Waals surface area contributed by atoms with E-state index in [1.54, 1.807) is 27.6 Å². The molecule has 3 amide bonds. The van der Waals surface area contributed by atoms with Crippen molar-refractivity contribution in [3.8, 4) is 0 Å². The van der Waals surface area contributed by atoms with Crippen LogP contribution in [0.1, 0.15) is 155 Å². The Morgan fingerprint density at radius 3 is 1.48 bits per heavy atom. The maximum absolute atomic E-state index is 13.0. The number of carbonyl (C=O) groups is 5. The molecular weight excluding hydrogens is 829 g/mol. The van der Waals surface area contributed by atoms with Gasteiger partial charge in [-0.3, -0.25) is 19.2 Å². The highest BCUT2D eigenvalue weighted by molar-refractivity contribution is 7.12. The van der Waals surface area contributed by atoms with Crippen LogP contribution in [0.5, 0.6) is 0 Å². The van der Waals surface area contributed by atoms with E-state index in [4.69, 9.17) is 4.74 Å². The average Bonchev–Trinajstić information content (AvgIpc) is 3.79. The van der Waals surface area contributed by atoms with Gasteiger partial charge in [0.2, 0.25) is 0 Å². The van der Waals surface area contributed by atoms with Crippen LogP contribution in [0.3, 0.4) is 0 Å². The van der Waals surface area contributed by atoms with Gasteiger partial charge in [0.25, 0.3) is 11.8 Å². The molecule has 6 rings (SSSR count). The summed E-state index contributed by atoms with van der Waals surface area (Å²) in [4.78, 5) is 67.0. The molecule has 10 nitrogen and oxygen atoms in total. The molecular formula is C51H68N4O6S2. The van der Waals surface area contributed by atoms with Gasteiger partial charge in [-0.05, 0) is 147 Å². The molecule has 0 bridgehead atoms. The molecule has 0 aromatic carbocycles. The van der Waals surface area contributed by atoms with Crippen LogP contribution < -0.4 is 16.0 Å². The molecule has 2 aliphatic heterocycles. The number of ether oxygens (including phenoxy) is 1. The van der Waals surface area contributed by atoms with E-state index in [0.29, 0.717) is 43.6 Å². The fourth-order valence-corrected chi connectivity index (χ4v) is 11.3. The van der Waals surface area contributed by atoms with Gasteiger partial charge in [-0.1, -0.05) is 48.3 Å². The summed E-state index contributed by atoms with van der Waals surface area (Å²) in [7, 11) is 0. The van der Waals surface area contributed by atoms with Crippen molar-refractivity contribution in [2.45, 2.75) is 133 Å². The van der Waals surface area contributed by atoms with E-state index < -0.39 is 5.60 Å². The molecule has 0 atom stereocenters. The Balaban J connectivity index is 0.000000243. The highest BCUT2D eigenvalue weighted by atomic mass is 32.1. The fraction of sp³-hybridized carbons (Fsp3) is 0.510. The number of amides is 3. The van der Waals surface area contributed by atoms with Gasteiger partial charge < -0.3 is 25.6 Å². The summed E-state index contributed by atoms with van der Waals surface area (Å²) in [6.45, 7) is 25.7. The molecule has 340 valence electrons. The second-order valence-electron chi connectivity index (χ2n) is 18.2. The van der Waals surface area contributed by atoms with Crippen molar-refractivity contribution < 1.29 is 28.7 Å². The van der Waals surface area contributed by atoms with E-state index in [2.05, 4.69) is 29.8 Å². The zero-order valence-electron chi connectivity index (χ0n) is 39.4. The lowest BCUT2D eigenvalue weighted by atomic mass is 9.92. The minimum absolute atomic E-state index is 0.0845. The Morgan fingerprint density at radius 2 is 1.10 bits per heavy atom. The maximum atomic E-state index is 13.0. The number of hydrogen-bond donors (Lipinski definition) is 3. The van der Waals surface area contributed by atoms with Crippen LogP contribution in [0.2, 0.25) is 0 Å². The van der Waals surface area contributed by atoms with Crippen LogP contribution in [0.4, 0.5) is 4.79 Å². The van der Waals surface area contributed by atoms with Gasteiger partial charge in [0, 0.05) is 70.7 Å². The summed E-state index contributed by atoms with van der Waals surface area (Å²) in [6.07, 6.45) is 10.3. The van der Waals surface area contributed by atoms with Crippen LogP contribution in [-0.2, 0) is 14.3 Å². The van der Waals surface area contributed by atoms with Crippen LogP contribution >= 0.6 is 22.7 Å². The lowest BCUT2D eigenvalue weighted by Crippen LogP contribution is -2.40. The Kier molecular flexibility index (Phi) is 17.1. The first-order valence-electron chi connectivity index (χ1n) is 22.5. The Bertz CT molecular complexity index is 2300. The first-order valence-corrected chi connectivity index (χ1v) is 24.2. The Labute approximate surface area is 383 Å². The smallest absolute Gasteiger partial charge is 0.410 e. The molecule has 2 saturated heterocycles. The zero-order chi connectivity index (χ0) is 46.2. The number of piperidine rings is 2. The van der Waals surface area contributed by atoms with Crippen molar-refractivity contribution in [2.75, 3.05) is 39.3 Å². The number of hydrogen-bond acceptors (Lipinski definition) is 9. The molecule has 0 spiro atoms. The highest BCUT2D eigenvalue weighted by Gasteiger charge is 2.28. The maximum Gasteiger partial charge on any atom is 0.410 e. The summed E-state index contributed by atoms with van der Waals surface area (Å²) in [6, 6.07) is 0. The number of carbonyl (C=O) groups excluding carboxylic acids is 5. The third kappa shape index (κ3) is 12.5. The van der Waals surface area contributed by atoms with Crippen LogP contribution in [0, 0.1) is 13.8 Å². The molecule has 0 unspecified atom stereocenters. The Morgan fingerprint density at radius 1 is 0.683 bits per heavy atom. The minimum Gasteiger partial charge on any atom is -0.444 e. The Hall–Kier alpha value is -4.65. The third-order valence-corrected chi connectivity index (χ3v) is 14.5. The first-order chi connectivity index (χ1) is 29.8. The lowest BCUT2D eigenvalue weighted by molar-refractivity contribution is -0.116. The second kappa shape index (κ2) is 21.8. The monoisotopic (exact) mass is 896 g/mol. The van der Waals surface area contributed by atoms with Crippen molar-refractivity contribution in [2.24, 2.45) is 0 Å². The normalized spacial score (nSPS) is 17.2. The van der Waals surface area contributed by atoms with Gasteiger partial charge >= 0.3 is 6.09 Å². The first kappa shape index (κ1) is 49.4. The zero-order valence-corrected chi connectivity index (χ0v) is 41.1. The second-order valence-corrected chi connectivity index (χ2v) is 19.9. The van der Waals surface area contributed by atoms with E-state index in [9.17, 15) is 24.0 Å². The van der Waals surface area contributed by atoms with E-state index >= 15 is 0 Å². The molecule has 2 aromatic rings. The molecule has 3 N–H and O–H groups in total. The molecule has 2 fully saturated rings. The minimum atomic E-state index is -0.498. The number of nitrogens with one attached hydrogen (secondary N) is 3. The predicted molar refractivity (Wildman–Crippen MR) is 259 cm³/mol. The molecule has 4 heterocycles. The molecule has 2 aromatic heterocycles. The molecule has 63 heavy (non-hydrogen) atoms. The summed E-state index contributed by atoms with van der Waals surface area (Å²) in [5.41, 5.74) is 13.9. The molecule has 4 aliphatic rings. The summed E-state index contributed by atoms with van der Waals surface area (Å²) in [5, 5.41) is 13.2. The number of allylic oxidation sites excluding steroid dienone is 8. The standard InChI is InChI=1S/C28H38N2O4S.C23H30N2O2S/c1-8-21(20-9-11-30(12-10-20)27(33)34-28(5,6)7)25-19(4)23(16-35-25)26(32)29-15-22-18(3)13-17(2)14-24(22)31;1-5-18(17-6-8-24-9-7-17)22-16(4)20(13-28-22)23(27)25-12-19-15(3)10-14(2)11-21(19)26/h13,16H,8-12,14-15H2,1-7H3,(H,29,32);10,13,24H,5-9,11-12H2,1-4H3,(H,25,27). The van der Waals surface area contributed by atoms with Crippen LogP contribution in [0.25, 0.3) is 11.1 Å². The van der Waals surface area contributed by atoms with E-state index in [1.807, 2.05) is 85.2 Å². The topological polar surface area (TPSA) is 134 Å². The van der Waals surface area contributed by atoms with Crippen molar-refractivity contribution in [3.05, 3.63) is 99.5 Å².